The van der Waals surface area contributed by atoms with Crippen molar-refractivity contribution in [2.45, 2.75) is 0 Å². The lowest BCUT2D eigenvalue weighted by Crippen LogP contribution is -1.97. The summed E-state index contributed by atoms with van der Waals surface area (Å²) in [4.78, 5) is 20.9. The zero-order valence-corrected chi connectivity index (χ0v) is 13.0. The van der Waals surface area contributed by atoms with E-state index in [9.17, 15) is 20.0 Å². The molecule has 0 aromatic heterocycles. The molecule has 23 heavy (non-hydrogen) atoms. The maximum Gasteiger partial charge on any atom is 0.335 e. The van der Waals surface area contributed by atoms with Crippen LogP contribution in [0.15, 0.2) is 46.0 Å². The van der Waals surface area contributed by atoms with Crippen LogP contribution in [0.1, 0.15) is 15.9 Å². The van der Waals surface area contributed by atoms with E-state index in [1.54, 1.807) is 0 Å². The fourth-order valence-electron chi connectivity index (χ4n) is 1.69. The van der Waals surface area contributed by atoms with E-state index in [0.29, 0.717) is 11.3 Å². The summed E-state index contributed by atoms with van der Waals surface area (Å²) in [6.07, 6.45) is 1.34. The predicted molar refractivity (Wildman–Crippen MR) is 87.1 cm³/mol. The topological polar surface area (TPSA) is 125 Å². The van der Waals surface area contributed by atoms with Gasteiger partial charge in [0.1, 0.15) is 0 Å². The molecule has 0 spiro atoms. The van der Waals surface area contributed by atoms with E-state index in [1.807, 2.05) is 0 Å². The number of nitro benzene ring substituents is 1. The average molecular weight is 380 g/mol. The molecule has 2 rings (SSSR count). The number of carboxylic acid groups (broad SMARTS) is 1. The minimum atomic E-state index is -1.03. The summed E-state index contributed by atoms with van der Waals surface area (Å²) in [5.74, 6) is -1.48. The van der Waals surface area contributed by atoms with Crippen molar-refractivity contribution in [2.75, 3.05) is 5.43 Å². The van der Waals surface area contributed by atoms with Crippen LogP contribution in [0.4, 0.5) is 11.4 Å². The number of hydrogen-bond acceptors (Lipinski definition) is 6. The molecule has 3 N–H and O–H groups in total. The van der Waals surface area contributed by atoms with Crippen LogP contribution in [0.25, 0.3) is 0 Å². The molecule has 9 heteroatoms. The molecule has 0 fully saturated rings. The van der Waals surface area contributed by atoms with Gasteiger partial charge in [-0.05, 0) is 46.3 Å². The standard InChI is InChI=1S/C14H10BrN3O5/c15-11-5-8(6-12(13(11)19)18(22)23)7-16-17-10-3-1-9(2-4-10)14(20)21/h1-7,17,19H,(H,20,21)/b16-7-. The van der Waals surface area contributed by atoms with E-state index in [0.717, 1.165) is 0 Å². The van der Waals surface area contributed by atoms with Gasteiger partial charge >= 0.3 is 11.7 Å². The van der Waals surface area contributed by atoms with E-state index in [4.69, 9.17) is 5.11 Å². The van der Waals surface area contributed by atoms with E-state index in [2.05, 4.69) is 26.5 Å². The quantitative estimate of drug-likeness (QED) is 0.416. The van der Waals surface area contributed by atoms with E-state index in [1.165, 1.54) is 42.6 Å². The van der Waals surface area contributed by atoms with Gasteiger partial charge in [-0.15, -0.1) is 0 Å². The second kappa shape index (κ2) is 6.88. The zero-order chi connectivity index (χ0) is 17.0. The van der Waals surface area contributed by atoms with Crippen LogP contribution < -0.4 is 5.43 Å². The van der Waals surface area contributed by atoms with Crippen LogP contribution in [-0.2, 0) is 0 Å². The maximum atomic E-state index is 10.8. The number of aromatic carboxylic acids is 1. The van der Waals surface area contributed by atoms with Gasteiger partial charge in [-0.3, -0.25) is 15.5 Å². The predicted octanol–water partition coefficient (Wildman–Crippen LogP) is 3.21. The van der Waals surface area contributed by atoms with Crippen molar-refractivity contribution in [1.29, 1.82) is 0 Å². The van der Waals surface area contributed by atoms with Crippen LogP contribution in [0.2, 0.25) is 0 Å². The van der Waals surface area contributed by atoms with Crippen molar-refractivity contribution < 1.29 is 19.9 Å². The second-order valence-corrected chi connectivity index (χ2v) is 5.23. The third kappa shape index (κ3) is 4.04. The number of benzene rings is 2. The molecule has 2 aromatic rings. The molecule has 2 aromatic carbocycles. The summed E-state index contributed by atoms with van der Waals surface area (Å²) in [6.45, 7) is 0. The van der Waals surface area contributed by atoms with Crippen molar-refractivity contribution in [1.82, 2.24) is 0 Å². The third-order valence-corrected chi connectivity index (χ3v) is 3.41. The first-order chi connectivity index (χ1) is 10.9. The molecule has 0 saturated heterocycles. The Hall–Kier alpha value is -2.94. The van der Waals surface area contributed by atoms with Crippen molar-refractivity contribution in [3.63, 3.8) is 0 Å². The molecule has 0 saturated carbocycles. The first-order valence-corrected chi connectivity index (χ1v) is 6.97. The van der Waals surface area contributed by atoms with Crippen LogP contribution in [0.5, 0.6) is 5.75 Å². The minimum absolute atomic E-state index is 0.151. The van der Waals surface area contributed by atoms with Gasteiger partial charge in [0.15, 0.2) is 0 Å². The lowest BCUT2D eigenvalue weighted by Gasteiger charge is -2.02. The van der Waals surface area contributed by atoms with E-state index < -0.39 is 22.3 Å². The highest BCUT2D eigenvalue weighted by Crippen LogP contribution is 2.34. The molecule has 118 valence electrons. The molecule has 0 unspecified atom stereocenters. The van der Waals surface area contributed by atoms with Crippen molar-refractivity contribution in [3.05, 3.63) is 62.1 Å². The highest BCUT2D eigenvalue weighted by molar-refractivity contribution is 9.10. The Morgan fingerprint density at radius 3 is 2.52 bits per heavy atom. The van der Waals surface area contributed by atoms with Gasteiger partial charge in [-0.2, -0.15) is 5.10 Å². The highest BCUT2D eigenvalue weighted by atomic mass is 79.9. The largest absolute Gasteiger partial charge is 0.501 e. The summed E-state index contributed by atoms with van der Waals surface area (Å²) in [6, 6.07) is 8.57. The van der Waals surface area contributed by atoms with Gasteiger partial charge < -0.3 is 10.2 Å². The number of carbonyl (C=O) groups is 1. The summed E-state index contributed by atoms with van der Waals surface area (Å²) in [5.41, 5.74) is 3.34. The van der Waals surface area contributed by atoms with Crippen LogP contribution in [0, 0.1) is 10.1 Å². The molecule has 8 nitrogen and oxygen atoms in total. The van der Waals surface area contributed by atoms with Gasteiger partial charge in [0.25, 0.3) is 0 Å². The normalized spacial score (nSPS) is 10.7. The zero-order valence-electron chi connectivity index (χ0n) is 11.4. The number of phenols is 1. The Bertz CT molecular complexity index is 790. The number of nitrogens with zero attached hydrogens (tertiary/aromatic N) is 2. The number of phenolic OH excluding ortho intramolecular Hbond substituents is 1. The molecular weight excluding hydrogens is 370 g/mol. The molecule has 0 aliphatic carbocycles. The maximum absolute atomic E-state index is 10.8. The Balaban J connectivity index is 2.14. The van der Waals surface area contributed by atoms with Crippen molar-refractivity contribution in [2.24, 2.45) is 5.10 Å². The van der Waals surface area contributed by atoms with Gasteiger partial charge in [-0.1, -0.05) is 0 Å². The number of nitrogens with one attached hydrogen (secondary N) is 1. The number of halogens is 1. The number of hydrazone groups is 1. The molecule has 0 bridgehead atoms. The average Bonchev–Trinajstić information content (AvgIpc) is 2.50. The summed E-state index contributed by atoms with van der Waals surface area (Å²) in [7, 11) is 0. The van der Waals surface area contributed by atoms with E-state index in [-0.39, 0.29) is 10.0 Å². The first-order valence-electron chi connectivity index (χ1n) is 6.18. The number of rotatable bonds is 5. The lowest BCUT2D eigenvalue weighted by molar-refractivity contribution is -0.386. The fraction of sp³-hybridized carbons (Fsp3) is 0. The minimum Gasteiger partial charge on any atom is -0.501 e. The SMILES string of the molecule is O=C(O)c1ccc(N/N=C\c2cc(Br)c(O)c([N+](=O)[O-])c2)cc1. The number of nitro groups is 1. The monoisotopic (exact) mass is 379 g/mol. The Labute approximate surface area is 138 Å². The van der Waals surface area contributed by atoms with Gasteiger partial charge in [0.2, 0.25) is 5.75 Å². The Kier molecular flexibility index (Phi) is 4.91. The Morgan fingerprint density at radius 1 is 1.30 bits per heavy atom. The van der Waals surface area contributed by atoms with Gasteiger partial charge in [0.05, 0.1) is 26.9 Å². The Morgan fingerprint density at radius 2 is 1.96 bits per heavy atom. The molecular formula is C14H10BrN3O5. The molecule has 0 aliphatic rings. The molecule has 0 atom stereocenters. The lowest BCUT2D eigenvalue weighted by atomic mass is 10.2. The van der Waals surface area contributed by atoms with E-state index >= 15 is 0 Å². The first kappa shape index (κ1) is 16.4. The van der Waals surface area contributed by atoms with Crippen LogP contribution >= 0.6 is 15.9 Å². The van der Waals surface area contributed by atoms with Crippen molar-refractivity contribution in [3.8, 4) is 5.75 Å². The smallest absolute Gasteiger partial charge is 0.335 e. The van der Waals surface area contributed by atoms with Gasteiger partial charge in [0, 0.05) is 11.6 Å². The summed E-state index contributed by atoms with van der Waals surface area (Å²) >= 11 is 3.03. The number of aromatic hydroxyl groups is 1. The fourth-order valence-corrected chi connectivity index (χ4v) is 2.15. The van der Waals surface area contributed by atoms with Crippen LogP contribution in [-0.4, -0.2) is 27.3 Å². The number of anilines is 1. The number of hydrogen-bond donors (Lipinski definition) is 3. The van der Waals surface area contributed by atoms with Crippen molar-refractivity contribution >= 4 is 39.5 Å². The summed E-state index contributed by atoms with van der Waals surface area (Å²) in [5, 5.41) is 33.1. The molecule has 0 aliphatic heterocycles. The number of carboxylic acids is 1. The highest BCUT2D eigenvalue weighted by Gasteiger charge is 2.17. The molecule has 0 radical (unpaired) electrons. The van der Waals surface area contributed by atoms with Crippen LogP contribution in [0.3, 0.4) is 0 Å². The third-order valence-electron chi connectivity index (χ3n) is 2.80. The molecule has 0 heterocycles. The summed E-state index contributed by atoms with van der Waals surface area (Å²) < 4.78 is 0.180. The second-order valence-electron chi connectivity index (χ2n) is 4.38. The van der Waals surface area contributed by atoms with Gasteiger partial charge in [-0.25, -0.2) is 4.79 Å². The molecule has 0 amide bonds.